The second-order valence-corrected chi connectivity index (χ2v) is 6.48. The zero-order valence-corrected chi connectivity index (χ0v) is 13.8. The molecule has 1 aliphatic rings. The van der Waals surface area contributed by atoms with E-state index in [1.165, 1.54) is 0 Å². The highest BCUT2D eigenvalue weighted by Gasteiger charge is 2.31. The van der Waals surface area contributed by atoms with Gasteiger partial charge in [-0.05, 0) is 34.0 Å². The topological polar surface area (TPSA) is 79.2 Å². The maximum Gasteiger partial charge on any atom is 0.438 e. The van der Waals surface area contributed by atoms with E-state index in [9.17, 15) is 14.0 Å². The summed E-state index contributed by atoms with van der Waals surface area (Å²) in [5, 5.41) is 3.61. The fourth-order valence-corrected chi connectivity index (χ4v) is 3.07. The Morgan fingerprint density at radius 3 is 2.96 bits per heavy atom. The molecule has 6 nitrogen and oxygen atoms in total. The Labute approximate surface area is 139 Å². The van der Waals surface area contributed by atoms with E-state index >= 15 is 0 Å². The van der Waals surface area contributed by atoms with Crippen LogP contribution in [0.2, 0.25) is 0 Å². The van der Waals surface area contributed by atoms with Gasteiger partial charge in [0.05, 0.1) is 4.47 Å². The second kappa shape index (κ2) is 6.66. The van der Waals surface area contributed by atoms with E-state index in [0.29, 0.717) is 41.8 Å². The molecule has 0 aliphatic carbocycles. The van der Waals surface area contributed by atoms with Crippen molar-refractivity contribution in [3.05, 3.63) is 50.4 Å². The zero-order chi connectivity index (χ0) is 16.4. The van der Waals surface area contributed by atoms with Crippen molar-refractivity contribution in [2.24, 2.45) is 5.92 Å². The summed E-state index contributed by atoms with van der Waals surface area (Å²) in [4.78, 5) is 27.2. The fraction of sp³-hybridized carbons (Fsp3) is 0.400. The highest BCUT2D eigenvalue weighted by molar-refractivity contribution is 9.10. The first kappa shape index (κ1) is 15.9. The number of halogens is 2. The molecule has 1 N–H and O–H groups in total. The third-order valence-corrected chi connectivity index (χ3v) is 4.53. The monoisotopic (exact) mass is 383 g/mol. The molecule has 1 aliphatic heterocycles. The quantitative estimate of drug-likeness (QED) is 0.854. The highest BCUT2D eigenvalue weighted by atomic mass is 79.9. The van der Waals surface area contributed by atoms with E-state index in [1.54, 1.807) is 23.1 Å². The number of nitrogens with zero attached hydrogens (tertiary/aromatic N) is 2. The third-order valence-electron chi connectivity index (χ3n) is 3.92. The number of likely N-dealkylation sites (tertiary alicyclic amines) is 1. The summed E-state index contributed by atoms with van der Waals surface area (Å²) >= 11 is 3.14. The molecule has 0 saturated carbocycles. The van der Waals surface area contributed by atoms with Crippen LogP contribution in [0.15, 0.2) is 32.0 Å². The molecule has 0 atom stereocenters. The van der Waals surface area contributed by atoms with Crippen LogP contribution in [0.4, 0.5) is 4.39 Å². The average molecular weight is 384 g/mol. The number of aromatic amines is 1. The van der Waals surface area contributed by atoms with Crippen LogP contribution in [0.3, 0.4) is 0 Å². The van der Waals surface area contributed by atoms with Crippen molar-refractivity contribution in [3.8, 4) is 0 Å². The molecule has 0 unspecified atom stereocenters. The first-order valence-electron chi connectivity index (χ1n) is 7.28. The van der Waals surface area contributed by atoms with Crippen molar-refractivity contribution >= 4 is 21.8 Å². The van der Waals surface area contributed by atoms with Gasteiger partial charge in [-0.2, -0.15) is 0 Å². The number of aromatic nitrogens is 2. The zero-order valence-electron chi connectivity index (χ0n) is 12.2. The molecule has 8 heteroatoms. The number of amides is 1. The Bertz CT molecular complexity index is 767. The van der Waals surface area contributed by atoms with Crippen molar-refractivity contribution in [1.82, 2.24) is 15.0 Å². The summed E-state index contributed by atoms with van der Waals surface area (Å²) in [7, 11) is 0. The summed E-state index contributed by atoms with van der Waals surface area (Å²) < 4.78 is 18.7. The number of hydrogen-bond donors (Lipinski definition) is 1. The van der Waals surface area contributed by atoms with E-state index in [2.05, 4.69) is 30.6 Å². The molecule has 1 aromatic heterocycles. The summed E-state index contributed by atoms with van der Waals surface area (Å²) in [5.41, 5.74) is 0.532. The first-order valence-corrected chi connectivity index (χ1v) is 8.08. The Morgan fingerprint density at radius 1 is 1.48 bits per heavy atom. The third kappa shape index (κ3) is 3.69. The van der Waals surface area contributed by atoms with E-state index in [4.69, 9.17) is 0 Å². The maximum atomic E-state index is 13.8. The minimum atomic E-state index is -0.566. The molecule has 2 heterocycles. The summed E-state index contributed by atoms with van der Waals surface area (Å²) in [6.45, 7) is 1.24. The molecule has 0 spiro atoms. The van der Waals surface area contributed by atoms with Gasteiger partial charge in [0.1, 0.15) is 5.82 Å². The first-order chi connectivity index (χ1) is 11.0. The standard InChI is InChI=1S/C15H15BrFN3O3/c16-11-3-1-2-10(14(11)17)4-5-13(21)20-7-9(8-20)6-12-18-15(22)23-19-12/h1-3,9H,4-8H2,(H,18,19,22). The van der Waals surface area contributed by atoms with Gasteiger partial charge in [0, 0.05) is 31.8 Å². The lowest BCUT2D eigenvalue weighted by molar-refractivity contribution is -0.137. The van der Waals surface area contributed by atoms with Gasteiger partial charge in [0.2, 0.25) is 5.91 Å². The normalized spacial score (nSPS) is 14.8. The van der Waals surface area contributed by atoms with Crippen LogP contribution in [0.25, 0.3) is 0 Å². The molecule has 0 radical (unpaired) electrons. The number of nitrogens with one attached hydrogen (secondary N) is 1. The Morgan fingerprint density at radius 2 is 2.26 bits per heavy atom. The predicted octanol–water partition coefficient (Wildman–Crippen LogP) is 1.90. The van der Waals surface area contributed by atoms with Crippen LogP contribution in [0, 0.1) is 11.7 Å². The van der Waals surface area contributed by atoms with E-state index < -0.39 is 5.76 Å². The SMILES string of the molecule is O=C(CCc1cccc(Br)c1F)N1CC(Cc2noc(=O)[nH]2)C1. The lowest BCUT2D eigenvalue weighted by Crippen LogP contribution is -2.50. The lowest BCUT2D eigenvalue weighted by atomic mass is 9.95. The molecule has 0 bridgehead atoms. The lowest BCUT2D eigenvalue weighted by Gasteiger charge is -2.39. The summed E-state index contributed by atoms with van der Waals surface area (Å²) in [6.07, 6.45) is 1.23. The van der Waals surface area contributed by atoms with Crippen LogP contribution in [-0.4, -0.2) is 34.0 Å². The van der Waals surface area contributed by atoms with E-state index in [1.807, 2.05) is 0 Å². The highest BCUT2D eigenvalue weighted by Crippen LogP contribution is 2.22. The smallest absolute Gasteiger partial charge is 0.342 e. The molecular formula is C15H15BrFN3O3. The van der Waals surface area contributed by atoms with Gasteiger partial charge in [0.25, 0.3) is 0 Å². The number of carbonyl (C=O) groups excluding carboxylic acids is 1. The minimum absolute atomic E-state index is 0.00858. The number of rotatable bonds is 5. The molecule has 1 amide bonds. The largest absolute Gasteiger partial charge is 0.438 e. The van der Waals surface area contributed by atoms with Crippen LogP contribution >= 0.6 is 15.9 Å². The predicted molar refractivity (Wildman–Crippen MR) is 83.3 cm³/mol. The molecule has 1 aromatic carbocycles. The Hall–Kier alpha value is -1.96. The van der Waals surface area contributed by atoms with Gasteiger partial charge in [0.15, 0.2) is 5.82 Å². The number of aryl methyl sites for hydroxylation is 1. The molecule has 122 valence electrons. The molecular weight excluding hydrogens is 369 g/mol. The number of benzene rings is 1. The van der Waals surface area contributed by atoms with Crippen molar-refractivity contribution in [3.63, 3.8) is 0 Å². The van der Waals surface area contributed by atoms with Crippen LogP contribution in [0.5, 0.6) is 0 Å². The van der Waals surface area contributed by atoms with E-state index in [0.717, 1.165) is 0 Å². The van der Waals surface area contributed by atoms with Crippen LogP contribution in [-0.2, 0) is 17.6 Å². The number of hydrogen-bond acceptors (Lipinski definition) is 4. The van der Waals surface area contributed by atoms with Gasteiger partial charge in [-0.15, -0.1) is 0 Å². The van der Waals surface area contributed by atoms with Crippen molar-refractivity contribution in [2.45, 2.75) is 19.3 Å². The molecule has 3 rings (SSSR count). The van der Waals surface area contributed by atoms with Crippen LogP contribution in [0.1, 0.15) is 17.8 Å². The second-order valence-electron chi connectivity index (χ2n) is 5.62. The summed E-state index contributed by atoms with van der Waals surface area (Å²) in [6, 6.07) is 5.08. The van der Waals surface area contributed by atoms with E-state index in [-0.39, 0.29) is 24.1 Å². The molecule has 23 heavy (non-hydrogen) atoms. The van der Waals surface area contributed by atoms with Crippen molar-refractivity contribution < 1.29 is 13.7 Å². The average Bonchev–Trinajstić information content (AvgIpc) is 2.89. The van der Waals surface area contributed by atoms with Gasteiger partial charge in [-0.3, -0.25) is 14.3 Å². The van der Waals surface area contributed by atoms with Crippen molar-refractivity contribution in [1.29, 1.82) is 0 Å². The minimum Gasteiger partial charge on any atom is -0.342 e. The Kier molecular flexibility index (Phi) is 4.61. The summed E-state index contributed by atoms with van der Waals surface area (Å²) in [5.74, 6) is -0.0973. The molecule has 1 fully saturated rings. The van der Waals surface area contributed by atoms with Gasteiger partial charge in [-0.1, -0.05) is 17.3 Å². The van der Waals surface area contributed by atoms with Gasteiger partial charge in [-0.25, -0.2) is 9.18 Å². The van der Waals surface area contributed by atoms with Crippen LogP contribution < -0.4 is 5.76 Å². The maximum absolute atomic E-state index is 13.8. The van der Waals surface area contributed by atoms with Crippen molar-refractivity contribution in [2.75, 3.05) is 13.1 Å². The van der Waals surface area contributed by atoms with Gasteiger partial charge < -0.3 is 4.90 Å². The molecule has 1 saturated heterocycles. The molecule has 2 aromatic rings. The number of carbonyl (C=O) groups is 1. The number of H-pyrrole nitrogens is 1. The Balaban J connectivity index is 1.45. The van der Waals surface area contributed by atoms with Gasteiger partial charge >= 0.3 is 5.76 Å². The fourth-order valence-electron chi connectivity index (χ4n) is 2.67.